The minimum absolute atomic E-state index is 0.111. The summed E-state index contributed by atoms with van der Waals surface area (Å²) in [6.07, 6.45) is 17.2. The van der Waals surface area contributed by atoms with Gasteiger partial charge in [0.25, 0.3) is 0 Å². The van der Waals surface area contributed by atoms with E-state index in [1.807, 2.05) is 0 Å². The number of aliphatic hydroxyl groups is 2. The van der Waals surface area contributed by atoms with Gasteiger partial charge in [-0.05, 0) is 32.1 Å². The van der Waals surface area contributed by atoms with Gasteiger partial charge in [-0.1, -0.05) is 57.6 Å². The summed E-state index contributed by atoms with van der Waals surface area (Å²) in [4.78, 5) is 11.3. The van der Waals surface area contributed by atoms with E-state index in [9.17, 15) is 4.79 Å². The lowest BCUT2D eigenvalue weighted by molar-refractivity contribution is -0.147. The van der Waals surface area contributed by atoms with Crippen LogP contribution in [-0.4, -0.2) is 35.5 Å². The molecule has 0 aliphatic heterocycles. The maximum atomic E-state index is 11.3. The fourth-order valence-corrected chi connectivity index (χ4v) is 2.30. The molecule has 0 aliphatic rings. The van der Waals surface area contributed by atoms with Gasteiger partial charge in [-0.2, -0.15) is 0 Å². The van der Waals surface area contributed by atoms with Crippen molar-refractivity contribution in [3.8, 4) is 0 Å². The number of hydrogen-bond donors (Lipinski definition) is 2. The first-order valence-electron chi connectivity index (χ1n) is 9.30. The number of aliphatic hydroxyl groups excluding tert-OH is 2. The van der Waals surface area contributed by atoms with Crippen molar-refractivity contribution in [3.63, 3.8) is 0 Å². The molecule has 0 rings (SSSR count). The maximum Gasteiger partial charge on any atom is 0.305 e. The molecule has 23 heavy (non-hydrogen) atoms. The number of rotatable bonds is 16. The van der Waals surface area contributed by atoms with Crippen LogP contribution in [0.2, 0.25) is 0 Å². The molecule has 4 nitrogen and oxygen atoms in total. The lowest BCUT2D eigenvalue weighted by Gasteiger charge is -2.08. The van der Waals surface area contributed by atoms with Crippen LogP contribution in [-0.2, 0) is 9.53 Å². The molecular weight excluding hydrogens is 292 g/mol. The van der Waals surface area contributed by atoms with Gasteiger partial charge in [0.05, 0.1) is 6.61 Å². The number of carbonyl (C=O) groups is 1. The van der Waals surface area contributed by atoms with Gasteiger partial charge in [0.2, 0.25) is 0 Å². The van der Waals surface area contributed by atoms with E-state index in [0.29, 0.717) is 6.42 Å². The summed E-state index contributed by atoms with van der Waals surface area (Å²) in [6.45, 7) is 1.75. The van der Waals surface area contributed by atoms with Crippen LogP contribution in [0.3, 0.4) is 0 Å². The van der Waals surface area contributed by atoms with Crippen molar-refractivity contribution < 1.29 is 19.7 Å². The van der Waals surface area contributed by atoms with Gasteiger partial charge in [-0.25, -0.2) is 0 Å². The average Bonchev–Trinajstić information content (AvgIpc) is 2.56. The molecule has 4 heteroatoms. The van der Waals surface area contributed by atoms with E-state index in [0.717, 1.165) is 25.7 Å². The van der Waals surface area contributed by atoms with Crippen molar-refractivity contribution >= 4 is 5.97 Å². The quantitative estimate of drug-likeness (QED) is 0.254. The smallest absolute Gasteiger partial charge is 0.305 e. The van der Waals surface area contributed by atoms with E-state index in [1.165, 1.54) is 44.9 Å². The summed E-state index contributed by atoms with van der Waals surface area (Å²) in [5, 5.41) is 17.7. The Labute approximate surface area is 141 Å². The lowest BCUT2D eigenvalue weighted by Crippen LogP contribution is -2.21. The number of unbranched alkanes of at least 4 members (excludes halogenated alkanes) is 9. The molecular formula is C19H36O4. The molecule has 0 aliphatic carbocycles. The van der Waals surface area contributed by atoms with Crippen molar-refractivity contribution in [3.05, 3.63) is 12.2 Å². The summed E-state index contributed by atoms with van der Waals surface area (Å²) in [6, 6.07) is 0. The third-order valence-electron chi connectivity index (χ3n) is 3.79. The van der Waals surface area contributed by atoms with Crippen molar-refractivity contribution in [2.75, 3.05) is 13.2 Å². The lowest BCUT2D eigenvalue weighted by atomic mass is 10.1. The number of allylic oxidation sites excluding steroid dienone is 2. The molecule has 0 aromatic carbocycles. The summed E-state index contributed by atoms with van der Waals surface area (Å²) in [5.41, 5.74) is 0. The minimum atomic E-state index is -0.960. The van der Waals surface area contributed by atoms with E-state index in [2.05, 4.69) is 19.1 Å². The monoisotopic (exact) mass is 328 g/mol. The van der Waals surface area contributed by atoms with Gasteiger partial charge in [0.1, 0.15) is 12.7 Å². The highest BCUT2D eigenvalue weighted by atomic mass is 16.5. The van der Waals surface area contributed by atoms with Crippen LogP contribution in [0.25, 0.3) is 0 Å². The van der Waals surface area contributed by atoms with E-state index in [1.54, 1.807) is 0 Å². The molecule has 0 heterocycles. The van der Waals surface area contributed by atoms with E-state index < -0.39 is 6.10 Å². The zero-order chi connectivity index (χ0) is 17.2. The fraction of sp³-hybridized carbons (Fsp3) is 0.842. The number of esters is 1. The largest absolute Gasteiger partial charge is 0.463 e. The second kappa shape index (κ2) is 17.5. The fourth-order valence-electron chi connectivity index (χ4n) is 2.30. The van der Waals surface area contributed by atoms with Gasteiger partial charge in [0.15, 0.2) is 0 Å². The first-order chi connectivity index (χ1) is 11.2. The normalized spacial score (nSPS) is 12.7. The SMILES string of the molecule is CCCCCCC=CCCCCCCCC(=O)OC[C@H](O)CO. The van der Waals surface area contributed by atoms with Crippen LogP contribution in [0.1, 0.15) is 84.0 Å². The summed E-state index contributed by atoms with van der Waals surface area (Å²) in [7, 11) is 0. The highest BCUT2D eigenvalue weighted by Gasteiger charge is 2.07. The molecule has 136 valence electrons. The van der Waals surface area contributed by atoms with Crippen LogP contribution < -0.4 is 0 Å². The molecule has 0 spiro atoms. The van der Waals surface area contributed by atoms with Crippen LogP contribution in [0.5, 0.6) is 0 Å². The molecule has 0 aromatic heterocycles. The van der Waals surface area contributed by atoms with E-state index >= 15 is 0 Å². The zero-order valence-corrected chi connectivity index (χ0v) is 14.8. The number of ether oxygens (including phenoxy) is 1. The van der Waals surface area contributed by atoms with Crippen molar-refractivity contribution in [1.29, 1.82) is 0 Å². The Kier molecular flexibility index (Phi) is 16.8. The van der Waals surface area contributed by atoms with Crippen molar-refractivity contribution in [2.45, 2.75) is 90.1 Å². The Hall–Kier alpha value is -0.870. The van der Waals surface area contributed by atoms with Crippen LogP contribution in [0.4, 0.5) is 0 Å². The molecule has 1 atom stereocenters. The second-order valence-corrected chi connectivity index (χ2v) is 6.15. The zero-order valence-electron chi connectivity index (χ0n) is 14.8. The molecule has 0 saturated heterocycles. The number of hydrogen-bond acceptors (Lipinski definition) is 4. The Balaban J connectivity index is 3.24. The third kappa shape index (κ3) is 17.3. The van der Waals surface area contributed by atoms with E-state index in [4.69, 9.17) is 14.9 Å². The molecule has 0 fully saturated rings. The Morgan fingerprint density at radius 1 is 0.957 bits per heavy atom. The van der Waals surface area contributed by atoms with Gasteiger partial charge in [-0.15, -0.1) is 0 Å². The third-order valence-corrected chi connectivity index (χ3v) is 3.79. The van der Waals surface area contributed by atoms with Crippen LogP contribution >= 0.6 is 0 Å². The van der Waals surface area contributed by atoms with Gasteiger partial charge < -0.3 is 14.9 Å². The Bertz CT molecular complexity index is 289. The first-order valence-corrected chi connectivity index (χ1v) is 9.30. The standard InChI is InChI=1S/C19H36O4/c1-2-3-4-5-6-7-8-9-10-11-12-13-14-15-19(22)23-17-18(21)16-20/h7-8,18,20-21H,2-6,9-17H2,1H3/t18-/m1/s1. The first kappa shape index (κ1) is 22.1. The molecule has 0 bridgehead atoms. The molecule has 0 saturated carbocycles. The predicted octanol–water partition coefficient (Wildman–Crippen LogP) is 4.14. The molecule has 0 aromatic rings. The molecule has 0 unspecified atom stereocenters. The highest BCUT2D eigenvalue weighted by molar-refractivity contribution is 5.69. The van der Waals surface area contributed by atoms with Crippen molar-refractivity contribution in [2.24, 2.45) is 0 Å². The minimum Gasteiger partial charge on any atom is -0.463 e. The molecule has 2 N–H and O–H groups in total. The van der Waals surface area contributed by atoms with Gasteiger partial charge in [-0.3, -0.25) is 4.79 Å². The van der Waals surface area contributed by atoms with Crippen LogP contribution in [0.15, 0.2) is 12.2 Å². The Morgan fingerprint density at radius 3 is 2.13 bits per heavy atom. The van der Waals surface area contributed by atoms with E-state index in [-0.39, 0.29) is 19.2 Å². The second-order valence-electron chi connectivity index (χ2n) is 6.15. The maximum absolute atomic E-state index is 11.3. The van der Waals surface area contributed by atoms with Crippen molar-refractivity contribution in [1.82, 2.24) is 0 Å². The van der Waals surface area contributed by atoms with Gasteiger partial charge in [0, 0.05) is 6.42 Å². The van der Waals surface area contributed by atoms with Crippen LogP contribution in [0, 0.1) is 0 Å². The summed E-state index contributed by atoms with van der Waals surface area (Å²) >= 11 is 0. The molecule has 0 amide bonds. The average molecular weight is 328 g/mol. The number of carbonyl (C=O) groups excluding carboxylic acids is 1. The Morgan fingerprint density at radius 2 is 1.52 bits per heavy atom. The highest BCUT2D eigenvalue weighted by Crippen LogP contribution is 2.09. The predicted molar refractivity (Wildman–Crippen MR) is 94.3 cm³/mol. The summed E-state index contributed by atoms with van der Waals surface area (Å²) < 4.78 is 4.84. The summed E-state index contributed by atoms with van der Waals surface area (Å²) in [5.74, 6) is -0.288. The molecule has 0 radical (unpaired) electrons. The topological polar surface area (TPSA) is 66.8 Å². The van der Waals surface area contributed by atoms with Gasteiger partial charge >= 0.3 is 5.97 Å².